The highest BCUT2D eigenvalue weighted by molar-refractivity contribution is 5.94. The van der Waals surface area contributed by atoms with Gasteiger partial charge in [-0.3, -0.25) is 14.3 Å². The van der Waals surface area contributed by atoms with Gasteiger partial charge < -0.3 is 25.1 Å². The highest BCUT2D eigenvalue weighted by Gasteiger charge is 2.47. The average Bonchev–Trinajstić information content (AvgIpc) is 3.41. The molecule has 210 valence electrons. The van der Waals surface area contributed by atoms with Crippen molar-refractivity contribution < 1.29 is 19.4 Å². The SMILES string of the molecule is O=C(c1ccc(C2Nn3ccnc3CC23CCCCCCCCC3)cc1)N1CCN(C(=O)C2(O)COC2)CC1. The number of rotatable bonds is 3. The summed E-state index contributed by atoms with van der Waals surface area (Å²) in [6.45, 7) is 1.87. The van der Waals surface area contributed by atoms with Crippen molar-refractivity contribution in [3.63, 3.8) is 0 Å². The summed E-state index contributed by atoms with van der Waals surface area (Å²) in [7, 11) is 0. The van der Waals surface area contributed by atoms with Crippen molar-refractivity contribution in [1.29, 1.82) is 0 Å². The van der Waals surface area contributed by atoms with Gasteiger partial charge in [0, 0.05) is 56.0 Å². The molecule has 0 radical (unpaired) electrons. The van der Waals surface area contributed by atoms with Crippen molar-refractivity contribution in [2.45, 2.75) is 75.9 Å². The van der Waals surface area contributed by atoms with Gasteiger partial charge in [0.1, 0.15) is 5.82 Å². The number of aromatic nitrogens is 2. The third kappa shape index (κ3) is 5.18. The zero-order chi connectivity index (χ0) is 26.9. The molecule has 9 nitrogen and oxygen atoms in total. The third-order valence-corrected chi connectivity index (χ3v) is 9.38. The van der Waals surface area contributed by atoms with E-state index in [1.165, 1.54) is 63.4 Å². The van der Waals surface area contributed by atoms with Crippen molar-refractivity contribution in [2.24, 2.45) is 5.41 Å². The number of amides is 2. The first-order chi connectivity index (χ1) is 19.0. The second kappa shape index (κ2) is 10.9. The first-order valence-corrected chi connectivity index (χ1v) is 14.8. The molecule has 1 saturated carbocycles. The minimum absolute atomic E-state index is 0.0127. The van der Waals surface area contributed by atoms with E-state index in [2.05, 4.69) is 27.2 Å². The molecule has 1 aliphatic carbocycles. The van der Waals surface area contributed by atoms with E-state index in [9.17, 15) is 14.7 Å². The van der Waals surface area contributed by atoms with Crippen molar-refractivity contribution in [3.05, 3.63) is 53.6 Å². The van der Waals surface area contributed by atoms with Gasteiger partial charge in [0.2, 0.25) is 0 Å². The summed E-state index contributed by atoms with van der Waals surface area (Å²) in [4.78, 5) is 34.0. The summed E-state index contributed by atoms with van der Waals surface area (Å²) >= 11 is 0. The Morgan fingerprint density at radius 2 is 1.51 bits per heavy atom. The summed E-state index contributed by atoms with van der Waals surface area (Å²) in [6.07, 6.45) is 16.3. The Balaban J connectivity index is 1.16. The van der Waals surface area contributed by atoms with Gasteiger partial charge in [-0.05, 0) is 30.5 Å². The van der Waals surface area contributed by atoms with Crippen LogP contribution in [0.25, 0.3) is 0 Å². The van der Waals surface area contributed by atoms with E-state index in [1.807, 2.05) is 24.5 Å². The largest absolute Gasteiger partial charge is 0.376 e. The Morgan fingerprint density at radius 3 is 2.13 bits per heavy atom. The summed E-state index contributed by atoms with van der Waals surface area (Å²) in [6, 6.07) is 8.34. The van der Waals surface area contributed by atoms with Crippen LogP contribution >= 0.6 is 0 Å². The molecule has 3 aliphatic heterocycles. The van der Waals surface area contributed by atoms with E-state index in [-0.39, 0.29) is 36.5 Å². The number of fused-ring (bicyclic) bond motifs is 1. The summed E-state index contributed by atoms with van der Waals surface area (Å²) < 4.78 is 7.11. The quantitative estimate of drug-likeness (QED) is 0.626. The lowest BCUT2D eigenvalue weighted by molar-refractivity contribution is -0.201. The van der Waals surface area contributed by atoms with Gasteiger partial charge in [-0.25, -0.2) is 4.98 Å². The van der Waals surface area contributed by atoms with Gasteiger partial charge in [0.05, 0.1) is 19.3 Å². The van der Waals surface area contributed by atoms with Crippen LogP contribution in [0, 0.1) is 5.41 Å². The van der Waals surface area contributed by atoms with Gasteiger partial charge in [-0.15, -0.1) is 0 Å². The lowest BCUT2D eigenvalue weighted by atomic mass is 9.66. The van der Waals surface area contributed by atoms with Crippen molar-refractivity contribution in [3.8, 4) is 0 Å². The zero-order valence-corrected chi connectivity index (χ0v) is 22.8. The Morgan fingerprint density at radius 1 is 0.897 bits per heavy atom. The van der Waals surface area contributed by atoms with Crippen LogP contribution in [-0.4, -0.2) is 81.4 Å². The van der Waals surface area contributed by atoms with Gasteiger partial charge in [-0.1, -0.05) is 57.1 Å². The zero-order valence-electron chi connectivity index (χ0n) is 22.8. The fraction of sp³-hybridized carbons (Fsp3) is 0.633. The fourth-order valence-corrected chi connectivity index (χ4v) is 6.96. The maximum atomic E-state index is 13.3. The highest BCUT2D eigenvalue weighted by Crippen LogP contribution is 2.48. The number of hydrogen-bond acceptors (Lipinski definition) is 6. The molecule has 1 spiro atoms. The number of carbonyl (C=O) groups is 2. The number of benzene rings is 1. The van der Waals surface area contributed by atoms with Gasteiger partial charge >= 0.3 is 0 Å². The smallest absolute Gasteiger partial charge is 0.259 e. The first-order valence-electron chi connectivity index (χ1n) is 14.8. The van der Waals surface area contributed by atoms with Crippen molar-refractivity contribution in [2.75, 3.05) is 44.8 Å². The molecule has 3 fully saturated rings. The fourth-order valence-electron chi connectivity index (χ4n) is 6.96. The number of imidazole rings is 1. The Hall–Kier alpha value is -2.91. The molecule has 6 rings (SSSR count). The predicted octanol–water partition coefficient (Wildman–Crippen LogP) is 3.28. The van der Waals surface area contributed by atoms with E-state index < -0.39 is 5.60 Å². The van der Waals surface area contributed by atoms with Crippen LogP contribution in [0.2, 0.25) is 0 Å². The average molecular weight is 536 g/mol. The van der Waals surface area contributed by atoms with E-state index in [0.717, 1.165) is 12.2 Å². The number of hydrogen-bond donors (Lipinski definition) is 2. The normalized spacial score (nSPS) is 24.8. The lowest BCUT2D eigenvalue weighted by Crippen LogP contribution is -2.64. The third-order valence-electron chi connectivity index (χ3n) is 9.38. The minimum atomic E-state index is -1.39. The molecule has 9 heteroatoms. The molecule has 1 atom stereocenters. The molecule has 2 amide bonds. The highest BCUT2D eigenvalue weighted by atomic mass is 16.5. The number of ether oxygens (including phenoxy) is 1. The molecule has 1 aromatic heterocycles. The molecule has 0 bridgehead atoms. The maximum Gasteiger partial charge on any atom is 0.259 e. The molecule has 4 aliphatic rings. The number of piperazine rings is 1. The first kappa shape index (κ1) is 26.3. The number of aliphatic hydroxyl groups is 1. The van der Waals surface area contributed by atoms with Crippen molar-refractivity contribution >= 4 is 11.8 Å². The van der Waals surface area contributed by atoms with E-state index in [0.29, 0.717) is 31.7 Å². The van der Waals surface area contributed by atoms with Crippen LogP contribution < -0.4 is 5.43 Å². The lowest BCUT2D eigenvalue weighted by Gasteiger charge is -2.46. The van der Waals surface area contributed by atoms with Crippen LogP contribution in [0.1, 0.15) is 85.6 Å². The maximum absolute atomic E-state index is 13.3. The van der Waals surface area contributed by atoms with Crippen LogP contribution in [0.3, 0.4) is 0 Å². The van der Waals surface area contributed by atoms with Crippen LogP contribution in [0.15, 0.2) is 36.7 Å². The number of nitrogens with one attached hydrogen (secondary N) is 1. The Bertz CT molecular complexity index is 1160. The number of carbonyl (C=O) groups excluding carboxylic acids is 2. The van der Waals surface area contributed by atoms with Crippen molar-refractivity contribution in [1.82, 2.24) is 19.5 Å². The molecule has 2 N–H and O–H groups in total. The van der Waals surface area contributed by atoms with Crippen LogP contribution in [-0.2, 0) is 16.0 Å². The molecular weight excluding hydrogens is 494 g/mol. The summed E-state index contributed by atoms with van der Waals surface area (Å²) in [5.74, 6) is 0.812. The molecule has 39 heavy (non-hydrogen) atoms. The second-order valence-corrected chi connectivity index (χ2v) is 12.0. The standard InChI is InChI=1S/C30H41N5O4/c36-27(33-16-18-34(19-17-33)28(37)30(38)21-39-22-30)24-10-8-23(9-11-24)26-29(20-25-31-14-15-35(25)32-26)12-6-4-2-1-3-5-7-13-29/h8-11,14-15,26,32,38H,1-7,12-13,16-22H2. The topological polar surface area (TPSA) is 99.9 Å². The van der Waals surface area contributed by atoms with Gasteiger partial charge in [0.15, 0.2) is 5.60 Å². The van der Waals surface area contributed by atoms with Gasteiger partial charge in [0.25, 0.3) is 11.8 Å². The molecule has 2 saturated heterocycles. The van der Waals surface area contributed by atoms with Gasteiger partial charge in [-0.2, -0.15) is 0 Å². The van der Waals surface area contributed by atoms with E-state index >= 15 is 0 Å². The monoisotopic (exact) mass is 535 g/mol. The van der Waals surface area contributed by atoms with E-state index in [4.69, 9.17) is 4.74 Å². The Labute approximate surface area is 230 Å². The predicted molar refractivity (Wildman–Crippen MR) is 147 cm³/mol. The molecule has 1 aromatic carbocycles. The summed E-state index contributed by atoms with van der Waals surface area (Å²) in [5, 5.41) is 10.3. The summed E-state index contributed by atoms with van der Waals surface area (Å²) in [5.41, 5.74) is 4.39. The second-order valence-electron chi connectivity index (χ2n) is 12.0. The van der Waals surface area contributed by atoms with E-state index in [1.54, 1.807) is 9.80 Å². The molecule has 2 aromatic rings. The number of nitrogens with zero attached hydrogens (tertiary/aromatic N) is 4. The minimum Gasteiger partial charge on any atom is -0.376 e. The molecular formula is C30H41N5O4. The molecule has 4 heterocycles. The van der Waals surface area contributed by atoms with Crippen LogP contribution in [0.4, 0.5) is 0 Å². The van der Waals surface area contributed by atoms with Crippen LogP contribution in [0.5, 0.6) is 0 Å². The Kier molecular flexibility index (Phi) is 7.37. The molecule has 1 unspecified atom stereocenters.